The monoisotopic (exact) mass is 332 g/mol. The quantitative estimate of drug-likeness (QED) is 0.735. The Hall–Kier alpha value is -2.70. The number of imide groups is 1. The summed E-state index contributed by atoms with van der Waals surface area (Å²) in [5, 5.41) is 11.7. The van der Waals surface area contributed by atoms with Gasteiger partial charge in [-0.25, -0.2) is 4.79 Å². The van der Waals surface area contributed by atoms with Gasteiger partial charge in [0.2, 0.25) is 5.91 Å². The molecular formula is C17H20N2O5. The molecule has 0 aliphatic carbocycles. The van der Waals surface area contributed by atoms with Crippen LogP contribution < -0.4 is 5.32 Å². The van der Waals surface area contributed by atoms with Gasteiger partial charge in [0, 0.05) is 13.0 Å². The average Bonchev–Trinajstić information content (AvgIpc) is 2.77. The zero-order valence-corrected chi connectivity index (χ0v) is 13.7. The highest BCUT2D eigenvalue weighted by atomic mass is 16.4. The molecule has 7 nitrogen and oxygen atoms in total. The van der Waals surface area contributed by atoms with Crippen LogP contribution in [0.15, 0.2) is 24.3 Å². The first-order valence-electron chi connectivity index (χ1n) is 7.80. The van der Waals surface area contributed by atoms with Gasteiger partial charge < -0.3 is 10.4 Å². The highest BCUT2D eigenvalue weighted by Gasteiger charge is 2.37. The Morgan fingerprint density at radius 2 is 1.71 bits per heavy atom. The molecule has 1 aromatic carbocycles. The van der Waals surface area contributed by atoms with Crippen molar-refractivity contribution in [2.75, 3.05) is 6.54 Å². The number of hydrogen-bond acceptors (Lipinski definition) is 4. The van der Waals surface area contributed by atoms with Crippen molar-refractivity contribution >= 4 is 23.7 Å². The lowest BCUT2D eigenvalue weighted by atomic mass is 9.96. The minimum atomic E-state index is -1.35. The molecule has 0 saturated carbocycles. The second-order valence-electron chi connectivity index (χ2n) is 5.99. The number of carbonyl (C=O) groups excluding carboxylic acids is 3. The molecule has 1 atom stereocenters. The lowest BCUT2D eigenvalue weighted by molar-refractivity contribution is -0.147. The van der Waals surface area contributed by atoms with Crippen LogP contribution in [0.4, 0.5) is 0 Å². The molecule has 1 aromatic rings. The van der Waals surface area contributed by atoms with Crippen molar-refractivity contribution in [3.05, 3.63) is 35.4 Å². The summed E-state index contributed by atoms with van der Waals surface area (Å²) in [5.41, 5.74) is -0.707. The summed E-state index contributed by atoms with van der Waals surface area (Å²) in [4.78, 5) is 48.8. The predicted molar refractivity (Wildman–Crippen MR) is 85.5 cm³/mol. The number of benzene rings is 1. The summed E-state index contributed by atoms with van der Waals surface area (Å²) >= 11 is 0. The molecule has 0 saturated heterocycles. The molecule has 24 heavy (non-hydrogen) atoms. The van der Waals surface area contributed by atoms with Crippen LogP contribution >= 0.6 is 0 Å². The predicted octanol–water partition coefficient (Wildman–Crippen LogP) is 1.43. The van der Waals surface area contributed by atoms with E-state index in [2.05, 4.69) is 5.32 Å². The maximum Gasteiger partial charge on any atom is 0.329 e. The minimum Gasteiger partial charge on any atom is -0.480 e. The number of nitrogens with zero attached hydrogens (tertiary/aromatic N) is 1. The van der Waals surface area contributed by atoms with Crippen LogP contribution in [0.5, 0.6) is 0 Å². The van der Waals surface area contributed by atoms with Gasteiger partial charge in [0.1, 0.15) is 5.54 Å². The van der Waals surface area contributed by atoms with Crippen LogP contribution in [0.3, 0.4) is 0 Å². The van der Waals surface area contributed by atoms with E-state index >= 15 is 0 Å². The molecular weight excluding hydrogens is 312 g/mol. The van der Waals surface area contributed by atoms with E-state index < -0.39 is 29.2 Å². The van der Waals surface area contributed by atoms with Crippen molar-refractivity contribution in [3.8, 4) is 0 Å². The fraction of sp³-hybridized carbons (Fsp3) is 0.412. The van der Waals surface area contributed by atoms with Crippen LogP contribution in [-0.4, -0.2) is 45.8 Å². The molecule has 1 heterocycles. The number of rotatable bonds is 7. The summed E-state index contributed by atoms with van der Waals surface area (Å²) < 4.78 is 0. The van der Waals surface area contributed by atoms with E-state index in [4.69, 9.17) is 0 Å². The van der Waals surface area contributed by atoms with Crippen molar-refractivity contribution in [2.24, 2.45) is 0 Å². The number of aliphatic carboxylic acids is 1. The van der Waals surface area contributed by atoms with Crippen LogP contribution in [0.25, 0.3) is 0 Å². The summed E-state index contributed by atoms with van der Waals surface area (Å²) in [7, 11) is 0. The van der Waals surface area contributed by atoms with E-state index in [1.807, 2.05) is 6.92 Å². The molecule has 0 aromatic heterocycles. The third kappa shape index (κ3) is 3.29. The van der Waals surface area contributed by atoms with E-state index in [9.17, 15) is 24.3 Å². The van der Waals surface area contributed by atoms with Gasteiger partial charge in [0.15, 0.2) is 0 Å². The van der Waals surface area contributed by atoms with Crippen LogP contribution in [-0.2, 0) is 9.59 Å². The van der Waals surface area contributed by atoms with Crippen molar-refractivity contribution in [1.82, 2.24) is 10.2 Å². The van der Waals surface area contributed by atoms with Crippen LogP contribution in [0.2, 0.25) is 0 Å². The first kappa shape index (κ1) is 17.7. The third-order valence-corrected chi connectivity index (χ3v) is 4.08. The maximum atomic E-state index is 12.2. The van der Waals surface area contributed by atoms with Gasteiger partial charge in [-0.05, 0) is 25.5 Å². The number of nitrogens with one attached hydrogen (secondary N) is 1. The van der Waals surface area contributed by atoms with Gasteiger partial charge in [-0.15, -0.1) is 0 Å². The molecule has 0 radical (unpaired) electrons. The van der Waals surface area contributed by atoms with Crippen molar-refractivity contribution in [1.29, 1.82) is 0 Å². The van der Waals surface area contributed by atoms with Gasteiger partial charge >= 0.3 is 5.97 Å². The van der Waals surface area contributed by atoms with Crippen molar-refractivity contribution in [3.63, 3.8) is 0 Å². The number of fused-ring (bicyclic) bond motifs is 1. The number of amides is 3. The van der Waals surface area contributed by atoms with E-state index in [1.54, 1.807) is 24.3 Å². The second kappa shape index (κ2) is 6.82. The fourth-order valence-corrected chi connectivity index (χ4v) is 2.75. The fourth-order valence-electron chi connectivity index (χ4n) is 2.75. The summed E-state index contributed by atoms with van der Waals surface area (Å²) in [5.74, 6) is -2.49. The molecule has 1 aliphatic rings. The number of carboxylic acid groups (broad SMARTS) is 1. The van der Waals surface area contributed by atoms with Crippen molar-refractivity contribution < 1.29 is 24.3 Å². The van der Waals surface area contributed by atoms with Gasteiger partial charge in [-0.3, -0.25) is 19.3 Å². The molecule has 0 spiro atoms. The summed E-state index contributed by atoms with van der Waals surface area (Å²) in [6.07, 6.45) is 0.751. The van der Waals surface area contributed by atoms with E-state index in [1.165, 1.54) is 6.92 Å². The van der Waals surface area contributed by atoms with Crippen molar-refractivity contribution in [2.45, 2.75) is 38.6 Å². The lowest BCUT2D eigenvalue weighted by Crippen LogP contribution is -2.52. The SMILES string of the molecule is CCCC(C)(NC(=O)CCN1C(=O)c2ccccc2C1=O)C(=O)O. The normalized spacial score (nSPS) is 15.8. The molecule has 0 fully saturated rings. The maximum absolute atomic E-state index is 12.2. The molecule has 128 valence electrons. The Morgan fingerprint density at radius 1 is 1.17 bits per heavy atom. The molecule has 1 aliphatic heterocycles. The molecule has 7 heteroatoms. The molecule has 2 rings (SSSR count). The third-order valence-electron chi connectivity index (χ3n) is 4.08. The Bertz CT molecular complexity index is 665. The summed E-state index contributed by atoms with van der Waals surface area (Å²) in [6.45, 7) is 3.19. The Kier molecular flexibility index (Phi) is 5.02. The highest BCUT2D eigenvalue weighted by Crippen LogP contribution is 2.22. The van der Waals surface area contributed by atoms with Gasteiger partial charge in [0.25, 0.3) is 11.8 Å². The van der Waals surface area contributed by atoms with Crippen LogP contribution in [0.1, 0.15) is 53.8 Å². The van der Waals surface area contributed by atoms with Gasteiger partial charge in [-0.1, -0.05) is 25.5 Å². The first-order valence-corrected chi connectivity index (χ1v) is 7.80. The molecule has 3 amide bonds. The van der Waals surface area contributed by atoms with E-state index in [0.29, 0.717) is 24.0 Å². The highest BCUT2D eigenvalue weighted by molar-refractivity contribution is 6.21. The van der Waals surface area contributed by atoms with E-state index in [-0.39, 0.29) is 13.0 Å². The zero-order chi connectivity index (χ0) is 17.9. The largest absolute Gasteiger partial charge is 0.480 e. The lowest BCUT2D eigenvalue weighted by Gasteiger charge is -2.26. The average molecular weight is 332 g/mol. The second-order valence-corrected chi connectivity index (χ2v) is 5.99. The number of carboxylic acids is 1. The summed E-state index contributed by atoms with van der Waals surface area (Å²) in [6, 6.07) is 6.48. The molecule has 2 N–H and O–H groups in total. The standard InChI is InChI=1S/C17H20N2O5/c1-3-9-17(2,16(23)24)18-13(20)8-10-19-14(21)11-6-4-5-7-12(11)15(19)22/h4-7H,3,8-10H2,1-2H3,(H,18,20)(H,23,24). The topological polar surface area (TPSA) is 104 Å². The Balaban J connectivity index is 1.99. The molecule has 0 bridgehead atoms. The minimum absolute atomic E-state index is 0.0833. The first-order chi connectivity index (χ1) is 11.3. The Labute approximate surface area is 139 Å². The number of carbonyl (C=O) groups is 4. The zero-order valence-electron chi connectivity index (χ0n) is 13.7. The van der Waals surface area contributed by atoms with E-state index in [0.717, 1.165) is 4.90 Å². The molecule has 1 unspecified atom stereocenters. The van der Waals surface area contributed by atoms with Crippen LogP contribution in [0, 0.1) is 0 Å². The Morgan fingerprint density at radius 3 is 2.17 bits per heavy atom. The number of hydrogen-bond donors (Lipinski definition) is 2. The van der Waals surface area contributed by atoms with Gasteiger partial charge in [0.05, 0.1) is 11.1 Å². The smallest absolute Gasteiger partial charge is 0.329 e. The van der Waals surface area contributed by atoms with Gasteiger partial charge in [-0.2, -0.15) is 0 Å².